The summed E-state index contributed by atoms with van der Waals surface area (Å²) in [4.78, 5) is 4.20. The molecule has 0 aliphatic rings. The summed E-state index contributed by atoms with van der Waals surface area (Å²) in [5.74, 6) is 0.645. The Hall–Kier alpha value is -1.67. The van der Waals surface area contributed by atoms with Crippen LogP contribution in [0.25, 0.3) is 5.52 Å². The van der Waals surface area contributed by atoms with Crippen molar-refractivity contribution in [1.29, 1.82) is 0 Å². The molecular weight excluding hydrogens is 266 g/mol. The summed E-state index contributed by atoms with van der Waals surface area (Å²) in [7, 11) is -3.21. The number of sulfonamides is 1. The minimum Gasteiger partial charge on any atom is -0.367 e. The number of fused-ring (bicyclic) bond motifs is 1. The Morgan fingerprint density at radius 1 is 1.42 bits per heavy atom. The Labute approximate surface area is 112 Å². The number of aromatic nitrogens is 3. The molecule has 8 heteroatoms. The van der Waals surface area contributed by atoms with Crippen molar-refractivity contribution in [1.82, 2.24) is 19.3 Å². The molecule has 0 unspecified atom stereocenters. The summed E-state index contributed by atoms with van der Waals surface area (Å²) in [6.45, 7) is 4.35. The number of rotatable bonds is 6. The SMILES string of the molecule is CCNS(=O)(=O)CCNc1nccn2nc(C)cc12. The molecule has 2 rings (SSSR count). The third-order valence-electron chi connectivity index (χ3n) is 2.54. The molecule has 2 aromatic rings. The van der Waals surface area contributed by atoms with Crippen molar-refractivity contribution in [2.75, 3.05) is 24.2 Å². The highest BCUT2D eigenvalue weighted by atomic mass is 32.2. The minimum atomic E-state index is -3.21. The van der Waals surface area contributed by atoms with Gasteiger partial charge in [-0.2, -0.15) is 5.10 Å². The van der Waals surface area contributed by atoms with Gasteiger partial charge in [-0.05, 0) is 13.0 Å². The van der Waals surface area contributed by atoms with Crippen LogP contribution in [0.15, 0.2) is 18.5 Å². The average Bonchev–Trinajstić information content (AvgIpc) is 2.70. The molecule has 0 aliphatic heterocycles. The van der Waals surface area contributed by atoms with Crippen molar-refractivity contribution in [2.45, 2.75) is 13.8 Å². The van der Waals surface area contributed by atoms with Gasteiger partial charge in [0.1, 0.15) is 5.52 Å². The van der Waals surface area contributed by atoms with Crippen molar-refractivity contribution in [3.8, 4) is 0 Å². The maximum Gasteiger partial charge on any atom is 0.213 e. The van der Waals surface area contributed by atoms with Gasteiger partial charge in [-0.3, -0.25) is 0 Å². The fourth-order valence-electron chi connectivity index (χ4n) is 1.78. The summed E-state index contributed by atoms with van der Waals surface area (Å²) in [5, 5.41) is 7.29. The lowest BCUT2D eigenvalue weighted by Gasteiger charge is -2.07. The zero-order valence-electron chi connectivity index (χ0n) is 10.9. The van der Waals surface area contributed by atoms with Gasteiger partial charge in [0.25, 0.3) is 0 Å². The quantitative estimate of drug-likeness (QED) is 0.800. The lowest BCUT2D eigenvalue weighted by Crippen LogP contribution is -2.29. The normalized spacial score (nSPS) is 11.9. The predicted octanol–water partition coefficient (Wildman–Crippen LogP) is 0.389. The topological polar surface area (TPSA) is 88.4 Å². The molecule has 0 amide bonds. The third-order valence-corrected chi connectivity index (χ3v) is 4.01. The number of hydrogen-bond acceptors (Lipinski definition) is 5. The fourth-order valence-corrected chi connectivity index (χ4v) is 2.73. The van der Waals surface area contributed by atoms with Gasteiger partial charge >= 0.3 is 0 Å². The Balaban J connectivity index is 2.06. The number of nitrogens with zero attached hydrogens (tertiary/aromatic N) is 3. The smallest absolute Gasteiger partial charge is 0.213 e. The fraction of sp³-hybridized carbons (Fsp3) is 0.455. The molecule has 2 N–H and O–H groups in total. The molecule has 0 aromatic carbocycles. The van der Waals surface area contributed by atoms with Gasteiger partial charge in [0.05, 0.1) is 11.4 Å². The van der Waals surface area contributed by atoms with Crippen LogP contribution in [-0.4, -0.2) is 41.9 Å². The number of aryl methyl sites for hydroxylation is 1. The van der Waals surface area contributed by atoms with Gasteiger partial charge < -0.3 is 5.32 Å². The van der Waals surface area contributed by atoms with E-state index in [0.717, 1.165) is 11.2 Å². The summed E-state index contributed by atoms with van der Waals surface area (Å²) >= 11 is 0. The van der Waals surface area contributed by atoms with E-state index in [4.69, 9.17) is 0 Å². The van der Waals surface area contributed by atoms with E-state index >= 15 is 0 Å². The second-order valence-corrected chi connectivity index (χ2v) is 6.06. The van der Waals surface area contributed by atoms with Gasteiger partial charge in [0, 0.05) is 25.5 Å². The first-order chi connectivity index (χ1) is 9.02. The van der Waals surface area contributed by atoms with Crippen LogP contribution in [0, 0.1) is 6.92 Å². The summed E-state index contributed by atoms with van der Waals surface area (Å²) in [5.41, 5.74) is 1.72. The highest BCUT2D eigenvalue weighted by Gasteiger charge is 2.09. The molecule has 2 aromatic heterocycles. The van der Waals surface area contributed by atoms with Crippen LogP contribution >= 0.6 is 0 Å². The van der Waals surface area contributed by atoms with E-state index in [2.05, 4.69) is 20.1 Å². The highest BCUT2D eigenvalue weighted by molar-refractivity contribution is 7.89. The van der Waals surface area contributed by atoms with Crippen molar-refractivity contribution in [2.24, 2.45) is 0 Å². The maximum atomic E-state index is 11.5. The largest absolute Gasteiger partial charge is 0.367 e. The molecule has 0 bridgehead atoms. The van der Waals surface area contributed by atoms with E-state index in [-0.39, 0.29) is 5.75 Å². The molecule has 0 spiro atoms. The molecule has 0 aliphatic carbocycles. The van der Waals surface area contributed by atoms with Crippen molar-refractivity contribution >= 4 is 21.4 Å². The molecule has 2 heterocycles. The monoisotopic (exact) mass is 283 g/mol. The Morgan fingerprint density at radius 2 is 2.21 bits per heavy atom. The Bertz CT molecular complexity index is 665. The molecule has 7 nitrogen and oxygen atoms in total. The summed E-state index contributed by atoms with van der Waals surface area (Å²) in [6, 6.07) is 1.90. The number of hydrogen-bond donors (Lipinski definition) is 2. The molecule has 0 saturated carbocycles. The molecule has 0 radical (unpaired) electrons. The van der Waals surface area contributed by atoms with Crippen LogP contribution in [0.1, 0.15) is 12.6 Å². The molecular formula is C11H17N5O2S. The Kier molecular flexibility index (Phi) is 4.01. The zero-order chi connectivity index (χ0) is 13.9. The third kappa shape index (κ3) is 3.42. The average molecular weight is 283 g/mol. The summed E-state index contributed by atoms with van der Waals surface area (Å²) < 4.78 is 27.2. The molecule has 104 valence electrons. The van der Waals surface area contributed by atoms with E-state index in [9.17, 15) is 8.42 Å². The summed E-state index contributed by atoms with van der Waals surface area (Å²) in [6.07, 6.45) is 3.38. The number of nitrogens with one attached hydrogen (secondary N) is 2. The van der Waals surface area contributed by atoms with E-state index in [0.29, 0.717) is 18.9 Å². The van der Waals surface area contributed by atoms with Crippen LogP contribution < -0.4 is 10.0 Å². The minimum absolute atomic E-state index is 0.0106. The predicted molar refractivity (Wildman–Crippen MR) is 73.7 cm³/mol. The standard InChI is InChI=1S/C11H17N5O2S/c1-3-14-19(17,18)7-5-13-11-10-8-9(2)15-16(10)6-4-12-11/h4,6,8,14H,3,5,7H2,1-2H3,(H,12,13). The van der Waals surface area contributed by atoms with E-state index in [1.807, 2.05) is 13.0 Å². The molecule has 0 atom stereocenters. The maximum absolute atomic E-state index is 11.5. The number of anilines is 1. The molecule has 19 heavy (non-hydrogen) atoms. The van der Waals surface area contributed by atoms with Gasteiger partial charge in [-0.25, -0.2) is 22.6 Å². The van der Waals surface area contributed by atoms with Crippen LogP contribution in [0.4, 0.5) is 5.82 Å². The first-order valence-electron chi connectivity index (χ1n) is 6.04. The van der Waals surface area contributed by atoms with Crippen LogP contribution in [0.5, 0.6) is 0 Å². The molecule has 0 saturated heterocycles. The van der Waals surface area contributed by atoms with E-state index in [1.54, 1.807) is 23.8 Å². The molecule has 0 fully saturated rings. The lowest BCUT2D eigenvalue weighted by atomic mass is 10.4. The first-order valence-corrected chi connectivity index (χ1v) is 7.69. The highest BCUT2D eigenvalue weighted by Crippen LogP contribution is 2.14. The zero-order valence-corrected chi connectivity index (χ0v) is 11.7. The van der Waals surface area contributed by atoms with Gasteiger partial charge in [-0.15, -0.1) is 0 Å². The Morgan fingerprint density at radius 3 is 2.95 bits per heavy atom. The second-order valence-electron chi connectivity index (χ2n) is 4.13. The van der Waals surface area contributed by atoms with Crippen molar-refractivity contribution in [3.63, 3.8) is 0 Å². The lowest BCUT2D eigenvalue weighted by molar-refractivity contribution is 0.584. The van der Waals surface area contributed by atoms with Crippen LogP contribution in [0.3, 0.4) is 0 Å². The van der Waals surface area contributed by atoms with Crippen molar-refractivity contribution in [3.05, 3.63) is 24.2 Å². The van der Waals surface area contributed by atoms with Crippen molar-refractivity contribution < 1.29 is 8.42 Å². The van der Waals surface area contributed by atoms with E-state index in [1.165, 1.54) is 0 Å². The second kappa shape index (κ2) is 5.54. The van der Waals surface area contributed by atoms with Gasteiger partial charge in [0.15, 0.2) is 5.82 Å². The first kappa shape index (κ1) is 13.8. The van der Waals surface area contributed by atoms with Crippen LogP contribution in [-0.2, 0) is 10.0 Å². The van der Waals surface area contributed by atoms with Crippen LogP contribution in [0.2, 0.25) is 0 Å². The van der Waals surface area contributed by atoms with E-state index < -0.39 is 10.0 Å². The van der Waals surface area contributed by atoms with Gasteiger partial charge in [0.2, 0.25) is 10.0 Å². The van der Waals surface area contributed by atoms with Gasteiger partial charge in [-0.1, -0.05) is 6.92 Å².